The summed E-state index contributed by atoms with van der Waals surface area (Å²) < 4.78 is 49.4. The Bertz CT molecular complexity index is 1120. The summed E-state index contributed by atoms with van der Waals surface area (Å²) in [7, 11) is -3.92. The lowest BCUT2D eigenvalue weighted by Gasteiger charge is -2.35. The van der Waals surface area contributed by atoms with Gasteiger partial charge in [0.1, 0.15) is 0 Å². The van der Waals surface area contributed by atoms with Crippen LogP contribution in [-0.4, -0.2) is 62.3 Å². The van der Waals surface area contributed by atoms with E-state index in [2.05, 4.69) is 0 Å². The Kier molecular flexibility index (Phi) is 8.89. The number of hydrogen-bond donors (Lipinski definition) is 2. The first-order valence-electron chi connectivity index (χ1n) is 9.94. The Morgan fingerprint density at radius 3 is 2.21 bits per heavy atom. The quantitative estimate of drug-likeness (QED) is 0.615. The number of amides is 2. The largest absolute Gasteiger partial charge is 0.339 e. The van der Waals surface area contributed by atoms with Crippen LogP contribution in [0.1, 0.15) is 22.3 Å². The molecule has 12 heteroatoms. The molecule has 1 fully saturated rings. The van der Waals surface area contributed by atoms with Crippen LogP contribution in [0, 0.1) is 11.6 Å². The van der Waals surface area contributed by atoms with Gasteiger partial charge < -0.3 is 15.5 Å². The Balaban J connectivity index is 0.00000385. The molecule has 2 amide bonds. The van der Waals surface area contributed by atoms with E-state index in [0.29, 0.717) is 18.7 Å². The molecule has 1 atom stereocenters. The standard InChI is InChI=1S/C21H24F2N4O4S.ClH/c22-18-5-4-14(11-19(18)23)10-16(24)13-20(28)26-6-8-27(9-7-26)21(29)15-2-1-3-17(12-15)32(25,30)31;/h1-5,11-12,16H,6-10,13,24H2,(H2,25,30,31);1H/t16-;/m1./s1. The summed E-state index contributed by atoms with van der Waals surface area (Å²) in [6.45, 7) is 1.17. The van der Waals surface area contributed by atoms with Gasteiger partial charge in [0.15, 0.2) is 11.6 Å². The second-order valence-corrected chi connectivity index (χ2v) is 9.22. The number of piperazine rings is 1. The number of carbonyl (C=O) groups is 2. The summed E-state index contributed by atoms with van der Waals surface area (Å²) in [6, 6.07) is 8.44. The molecule has 33 heavy (non-hydrogen) atoms. The van der Waals surface area contributed by atoms with Gasteiger partial charge in [-0.15, -0.1) is 12.4 Å². The molecular weight excluding hydrogens is 478 g/mol. The van der Waals surface area contributed by atoms with Gasteiger partial charge in [0.25, 0.3) is 5.91 Å². The fraction of sp³-hybridized carbons (Fsp3) is 0.333. The summed E-state index contributed by atoms with van der Waals surface area (Å²) in [4.78, 5) is 28.2. The van der Waals surface area contributed by atoms with Crippen LogP contribution in [0.2, 0.25) is 0 Å². The number of benzene rings is 2. The first-order chi connectivity index (χ1) is 15.0. The maximum absolute atomic E-state index is 13.3. The van der Waals surface area contributed by atoms with Crippen LogP contribution in [0.4, 0.5) is 8.78 Å². The molecule has 0 radical (unpaired) electrons. The first-order valence-corrected chi connectivity index (χ1v) is 11.5. The lowest BCUT2D eigenvalue weighted by atomic mass is 10.0. The summed E-state index contributed by atoms with van der Waals surface area (Å²) in [5.74, 6) is -2.44. The highest BCUT2D eigenvalue weighted by Gasteiger charge is 2.26. The number of nitrogens with two attached hydrogens (primary N) is 2. The molecule has 3 rings (SSSR count). The van der Waals surface area contributed by atoms with Crippen molar-refractivity contribution in [2.24, 2.45) is 10.9 Å². The van der Waals surface area contributed by atoms with E-state index in [1.54, 1.807) is 4.90 Å². The van der Waals surface area contributed by atoms with E-state index < -0.39 is 27.7 Å². The third-order valence-electron chi connectivity index (χ3n) is 5.25. The van der Waals surface area contributed by atoms with Crippen molar-refractivity contribution in [2.45, 2.75) is 23.8 Å². The van der Waals surface area contributed by atoms with E-state index in [4.69, 9.17) is 10.9 Å². The number of rotatable bonds is 6. The Morgan fingerprint density at radius 2 is 1.61 bits per heavy atom. The molecule has 1 aliphatic heterocycles. The molecule has 8 nitrogen and oxygen atoms in total. The SMILES string of the molecule is Cl.N[C@@H](CC(=O)N1CCN(C(=O)c2cccc(S(N)(=O)=O)c2)CC1)Cc1ccc(F)c(F)c1. The number of primary sulfonamides is 1. The molecule has 1 heterocycles. The minimum Gasteiger partial charge on any atom is -0.339 e. The summed E-state index contributed by atoms with van der Waals surface area (Å²) in [5, 5.41) is 5.12. The van der Waals surface area contributed by atoms with Gasteiger partial charge in [0, 0.05) is 44.2 Å². The number of halogens is 3. The minimum absolute atomic E-state index is 0. The zero-order valence-corrected chi connectivity index (χ0v) is 19.2. The maximum Gasteiger partial charge on any atom is 0.254 e. The number of sulfonamides is 1. The highest BCUT2D eigenvalue weighted by molar-refractivity contribution is 7.89. The van der Waals surface area contributed by atoms with Crippen LogP contribution in [0.25, 0.3) is 0 Å². The molecule has 0 bridgehead atoms. The van der Waals surface area contributed by atoms with Crippen molar-refractivity contribution in [2.75, 3.05) is 26.2 Å². The second kappa shape index (κ2) is 11.0. The van der Waals surface area contributed by atoms with Crippen molar-refractivity contribution in [1.29, 1.82) is 0 Å². The van der Waals surface area contributed by atoms with E-state index in [1.807, 2.05) is 0 Å². The van der Waals surface area contributed by atoms with Gasteiger partial charge in [-0.25, -0.2) is 22.3 Å². The molecule has 1 saturated heterocycles. The molecule has 0 unspecified atom stereocenters. The van der Waals surface area contributed by atoms with E-state index >= 15 is 0 Å². The van der Waals surface area contributed by atoms with E-state index in [1.165, 1.54) is 35.2 Å². The van der Waals surface area contributed by atoms with Gasteiger partial charge >= 0.3 is 0 Å². The van der Waals surface area contributed by atoms with Gasteiger partial charge in [-0.3, -0.25) is 9.59 Å². The highest BCUT2D eigenvalue weighted by atomic mass is 35.5. The van der Waals surface area contributed by atoms with Crippen LogP contribution in [-0.2, 0) is 21.2 Å². The van der Waals surface area contributed by atoms with Gasteiger partial charge in [0.05, 0.1) is 4.90 Å². The van der Waals surface area contributed by atoms with Crippen molar-refractivity contribution >= 4 is 34.2 Å². The zero-order valence-electron chi connectivity index (χ0n) is 17.6. The van der Waals surface area contributed by atoms with Crippen molar-refractivity contribution in [3.8, 4) is 0 Å². The number of hydrogen-bond acceptors (Lipinski definition) is 5. The fourth-order valence-corrected chi connectivity index (χ4v) is 4.10. The van der Waals surface area contributed by atoms with Gasteiger partial charge in [-0.1, -0.05) is 12.1 Å². The monoisotopic (exact) mass is 502 g/mol. The van der Waals surface area contributed by atoms with E-state index in [9.17, 15) is 26.8 Å². The van der Waals surface area contributed by atoms with Crippen LogP contribution in [0.3, 0.4) is 0 Å². The highest BCUT2D eigenvalue weighted by Crippen LogP contribution is 2.15. The normalized spacial score (nSPS) is 15.0. The number of nitrogens with zero attached hydrogens (tertiary/aromatic N) is 2. The summed E-state index contributed by atoms with van der Waals surface area (Å²) in [5.41, 5.74) is 6.71. The van der Waals surface area contributed by atoms with Crippen LogP contribution in [0.15, 0.2) is 47.4 Å². The molecule has 180 valence electrons. The second-order valence-electron chi connectivity index (χ2n) is 7.66. The molecule has 0 aliphatic carbocycles. The molecule has 2 aromatic carbocycles. The third-order valence-corrected chi connectivity index (χ3v) is 6.16. The molecule has 1 aliphatic rings. The van der Waals surface area contributed by atoms with E-state index in [-0.39, 0.29) is 60.6 Å². The van der Waals surface area contributed by atoms with Crippen LogP contribution < -0.4 is 10.9 Å². The molecular formula is C21H25ClF2N4O4S. The Morgan fingerprint density at radius 1 is 0.970 bits per heavy atom. The van der Waals surface area contributed by atoms with Crippen molar-refractivity contribution in [3.63, 3.8) is 0 Å². The van der Waals surface area contributed by atoms with Crippen molar-refractivity contribution < 1.29 is 26.8 Å². The predicted octanol–water partition coefficient (Wildman–Crippen LogP) is 1.28. The molecule has 0 saturated carbocycles. The zero-order chi connectivity index (χ0) is 23.5. The van der Waals surface area contributed by atoms with Gasteiger partial charge in [-0.05, 0) is 42.3 Å². The van der Waals surface area contributed by atoms with Gasteiger partial charge in [0.2, 0.25) is 15.9 Å². The van der Waals surface area contributed by atoms with Crippen molar-refractivity contribution in [3.05, 3.63) is 65.2 Å². The number of carbonyl (C=O) groups excluding carboxylic acids is 2. The summed E-state index contributed by atoms with van der Waals surface area (Å²) >= 11 is 0. The molecule has 0 spiro atoms. The maximum atomic E-state index is 13.3. The van der Waals surface area contributed by atoms with Gasteiger partial charge in [-0.2, -0.15) is 0 Å². The van der Waals surface area contributed by atoms with E-state index in [0.717, 1.165) is 12.1 Å². The Hall–Kier alpha value is -2.60. The topological polar surface area (TPSA) is 127 Å². The smallest absolute Gasteiger partial charge is 0.254 e. The van der Waals surface area contributed by atoms with Crippen LogP contribution >= 0.6 is 12.4 Å². The van der Waals surface area contributed by atoms with Crippen molar-refractivity contribution in [1.82, 2.24) is 9.80 Å². The molecule has 0 aromatic heterocycles. The predicted molar refractivity (Wildman–Crippen MR) is 120 cm³/mol. The average Bonchev–Trinajstić information content (AvgIpc) is 2.75. The first kappa shape index (κ1) is 26.7. The lowest BCUT2D eigenvalue weighted by molar-refractivity contribution is -0.133. The molecule has 4 N–H and O–H groups in total. The minimum atomic E-state index is -3.92. The lowest BCUT2D eigenvalue weighted by Crippen LogP contribution is -2.51. The van der Waals surface area contributed by atoms with Crippen LogP contribution in [0.5, 0.6) is 0 Å². The average molecular weight is 503 g/mol. The Labute approximate surface area is 197 Å². The third kappa shape index (κ3) is 6.94. The molecule has 2 aromatic rings. The summed E-state index contributed by atoms with van der Waals surface area (Å²) in [6.07, 6.45) is 0.255. The fourth-order valence-electron chi connectivity index (χ4n) is 3.54.